The highest BCUT2D eigenvalue weighted by molar-refractivity contribution is 6.31. The maximum atomic E-state index is 13.2. The van der Waals surface area contributed by atoms with E-state index in [1.807, 2.05) is 4.68 Å². The molecular formula is C16H18ClFN4O. The number of hydrogen-bond acceptors (Lipinski definition) is 3. The van der Waals surface area contributed by atoms with Crippen LogP contribution in [0.4, 0.5) is 15.9 Å². The van der Waals surface area contributed by atoms with Gasteiger partial charge in [0.05, 0.1) is 11.1 Å². The van der Waals surface area contributed by atoms with Crippen molar-refractivity contribution in [2.75, 3.05) is 5.32 Å². The van der Waals surface area contributed by atoms with E-state index in [1.165, 1.54) is 24.6 Å². The first kappa shape index (κ1) is 15.8. The lowest BCUT2D eigenvalue weighted by Crippen LogP contribution is -2.14. The van der Waals surface area contributed by atoms with E-state index in [4.69, 9.17) is 17.3 Å². The molecule has 0 bridgehead atoms. The second-order valence-corrected chi connectivity index (χ2v) is 6.19. The second-order valence-electron chi connectivity index (χ2n) is 5.78. The van der Waals surface area contributed by atoms with Crippen molar-refractivity contribution in [1.82, 2.24) is 9.78 Å². The minimum atomic E-state index is -0.553. The molecule has 1 heterocycles. The van der Waals surface area contributed by atoms with Crippen LogP contribution in [-0.4, -0.2) is 15.7 Å². The first-order valence-electron chi connectivity index (χ1n) is 7.65. The Morgan fingerprint density at radius 3 is 2.74 bits per heavy atom. The number of primary amides is 1. The van der Waals surface area contributed by atoms with Crippen LogP contribution in [0.5, 0.6) is 0 Å². The summed E-state index contributed by atoms with van der Waals surface area (Å²) in [6, 6.07) is 4.52. The van der Waals surface area contributed by atoms with Gasteiger partial charge in [-0.15, -0.1) is 0 Å². The molecule has 0 radical (unpaired) electrons. The number of nitrogens with zero attached hydrogens (tertiary/aromatic N) is 2. The topological polar surface area (TPSA) is 72.9 Å². The van der Waals surface area contributed by atoms with Gasteiger partial charge in [-0.3, -0.25) is 9.48 Å². The third-order valence-corrected chi connectivity index (χ3v) is 4.42. The lowest BCUT2D eigenvalue weighted by Gasteiger charge is -2.21. The van der Waals surface area contributed by atoms with Gasteiger partial charge in [-0.1, -0.05) is 30.9 Å². The van der Waals surface area contributed by atoms with Gasteiger partial charge in [0.1, 0.15) is 11.4 Å². The van der Waals surface area contributed by atoms with Crippen LogP contribution in [-0.2, 0) is 0 Å². The molecule has 0 atom stereocenters. The smallest absolute Gasteiger partial charge is 0.254 e. The SMILES string of the molecule is NC(=O)c1cn(C2CCCCC2)nc1Nc1ccc(F)c(Cl)c1. The minimum Gasteiger partial charge on any atom is -0.365 e. The molecule has 0 unspecified atom stereocenters. The van der Waals surface area contributed by atoms with E-state index in [-0.39, 0.29) is 11.1 Å². The van der Waals surface area contributed by atoms with E-state index in [2.05, 4.69) is 10.4 Å². The van der Waals surface area contributed by atoms with Crippen LogP contribution in [0.3, 0.4) is 0 Å². The quantitative estimate of drug-likeness (QED) is 0.885. The molecule has 1 aromatic carbocycles. The molecular weight excluding hydrogens is 319 g/mol. The first-order chi connectivity index (χ1) is 11.0. The number of aromatic nitrogens is 2. The predicted octanol–water partition coefficient (Wildman–Crippen LogP) is 4.02. The fourth-order valence-electron chi connectivity index (χ4n) is 2.91. The van der Waals surface area contributed by atoms with Crippen LogP contribution in [0.15, 0.2) is 24.4 Å². The summed E-state index contributed by atoms with van der Waals surface area (Å²) in [6.45, 7) is 0. The number of carbonyl (C=O) groups excluding carboxylic acids is 1. The van der Waals surface area contributed by atoms with Gasteiger partial charge in [-0.2, -0.15) is 5.10 Å². The molecule has 1 amide bonds. The van der Waals surface area contributed by atoms with Gasteiger partial charge >= 0.3 is 0 Å². The zero-order valence-electron chi connectivity index (χ0n) is 12.6. The molecule has 1 aromatic heterocycles. The van der Waals surface area contributed by atoms with Crippen molar-refractivity contribution in [3.05, 3.63) is 40.8 Å². The zero-order chi connectivity index (χ0) is 16.4. The monoisotopic (exact) mass is 336 g/mol. The average molecular weight is 337 g/mol. The molecule has 0 spiro atoms. The Balaban J connectivity index is 1.88. The van der Waals surface area contributed by atoms with Crippen molar-refractivity contribution < 1.29 is 9.18 Å². The van der Waals surface area contributed by atoms with Gasteiger partial charge in [-0.25, -0.2) is 4.39 Å². The highest BCUT2D eigenvalue weighted by Crippen LogP contribution is 2.30. The van der Waals surface area contributed by atoms with Crippen molar-refractivity contribution in [3.8, 4) is 0 Å². The number of amides is 1. The van der Waals surface area contributed by atoms with Gasteiger partial charge in [0.2, 0.25) is 0 Å². The number of anilines is 2. The number of carbonyl (C=O) groups is 1. The average Bonchev–Trinajstić information content (AvgIpc) is 2.96. The Labute approximate surface area is 138 Å². The molecule has 23 heavy (non-hydrogen) atoms. The Morgan fingerprint density at radius 1 is 1.35 bits per heavy atom. The Hall–Kier alpha value is -2.08. The summed E-state index contributed by atoms with van der Waals surface area (Å²) in [5.74, 6) is -0.686. The number of hydrogen-bond donors (Lipinski definition) is 2. The van der Waals surface area contributed by atoms with Gasteiger partial charge < -0.3 is 11.1 Å². The van der Waals surface area contributed by atoms with Gasteiger partial charge in [0.25, 0.3) is 5.91 Å². The molecule has 1 aliphatic rings. The molecule has 7 heteroatoms. The summed E-state index contributed by atoms with van der Waals surface area (Å²) in [7, 11) is 0. The maximum absolute atomic E-state index is 13.2. The normalized spacial score (nSPS) is 15.6. The number of nitrogens with two attached hydrogens (primary N) is 1. The first-order valence-corrected chi connectivity index (χ1v) is 8.03. The van der Waals surface area contributed by atoms with Crippen LogP contribution in [0, 0.1) is 5.82 Å². The number of nitrogens with one attached hydrogen (secondary N) is 1. The number of benzene rings is 1. The van der Waals surface area contributed by atoms with Crippen LogP contribution in [0.1, 0.15) is 48.5 Å². The van der Waals surface area contributed by atoms with E-state index >= 15 is 0 Å². The summed E-state index contributed by atoms with van der Waals surface area (Å²) in [6.07, 6.45) is 7.33. The van der Waals surface area contributed by atoms with E-state index in [1.54, 1.807) is 6.20 Å². The lowest BCUT2D eigenvalue weighted by atomic mass is 9.96. The van der Waals surface area contributed by atoms with E-state index in [0.29, 0.717) is 17.1 Å². The van der Waals surface area contributed by atoms with Crippen molar-refractivity contribution in [2.45, 2.75) is 38.1 Å². The maximum Gasteiger partial charge on any atom is 0.254 e. The molecule has 3 N–H and O–H groups in total. The molecule has 122 valence electrons. The van der Waals surface area contributed by atoms with Crippen LogP contribution in [0.2, 0.25) is 5.02 Å². The molecule has 1 saturated carbocycles. The van der Waals surface area contributed by atoms with Gasteiger partial charge in [0, 0.05) is 11.9 Å². The van der Waals surface area contributed by atoms with Crippen molar-refractivity contribution in [2.24, 2.45) is 5.73 Å². The Kier molecular flexibility index (Phi) is 4.52. The van der Waals surface area contributed by atoms with E-state index < -0.39 is 11.7 Å². The Morgan fingerprint density at radius 2 is 2.09 bits per heavy atom. The minimum absolute atomic E-state index is 0.00216. The number of halogens is 2. The number of rotatable bonds is 4. The lowest BCUT2D eigenvalue weighted by molar-refractivity contribution is 0.100. The molecule has 3 rings (SSSR count). The Bertz CT molecular complexity index is 725. The van der Waals surface area contributed by atoms with Crippen molar-refractivity contribution >= 4 is 29.0 Å². The summed E-state index contributed by atoms with van der Waals surface area (Å²) < 4.78 is 15.1. The van der Waals surface area contributed by atoms with Crippen LogP contribution >= 0.6 is 11.6 Å². The van der Waals surface area contributed by atoms with Crippen LogP contribution < -0.4 is 11.1 Å². The van der Waals surface area contributed by atoms with Gasteiger partial charge in [0.15, 0.2) is 5.82 Å². The third-order valence-electron chi connectivity index (χ3n) is 4.13. The van der Waals surface area contributed by atoms with Gasteiger partial charge in [-0.05, 0) is 31.0 Å². The summed E-state index contributed by atoms with van der Waals surface area (Å²) in [4.78, 5) is 11.7. The highest BCUT2D eigenvalue weighted by Gasteiger charge is 2.21. The summed E-state index contributed by atoms with van der Waals surface area (Å²) >= 11 is 5.78. The summed E-state index contributed by atoms with van der Waals surface area (Å²) in [5, 5.41) is 7.47. The standard InChI is InChI=1S/C16H18ClFN4O/c17-13-8-10(6-7-14(13)18)20-16-12(15(19)23)9-22(21-16)11-4-2-1-3-5-11/h6-9,11H,1-5H2,(H2,19,23)(H,20,21). The van der Waals surface area contributed by atoms with Crippen molar-refractivity contribution in [3.63, 3.8) is 0 Å². The molecule has 1 fully saturated rings. The van der Waals surface area contributed by atoms with Crippen LogP contribution in [0.25, 0.3) is 0 Å². The summed E-state index contributed by atoms with van der Waals surface area (Å²) in [5.41, 5.74) is 6.31. The molecule has 0 aliphatic heterocycles. The van der Waals surface area contributed by atoms with E-state index in [9.17, 15) is 9.18 Å². The second kappa shape index (κ2) is 6.58. The molecule has 0 saturated heterocycles. The van der Waals surface area contributed by atoms with Crippen molar-refractivity contribution in [1.29, 1.82) is 0 Å². The fraction of sp³-hybridized carbons (Fsp3) is 0.375. The third kappa shape index (κ3) is 3.47. The van der Waals surface area contributed by atoms with E-state index in [0.717, 1.165) is 25.7 Å². The fourth-order valence-corrected chi connectivity index (χ4v) is 3.09. The predicted molar refractivity (Wildman–Crippen MR) is 87.6 cm³/mol. The molecule has 5 nitrogen and oxygen atoms in total. The molecule has 1 aliphatic carbocycles. The zero-order valence-corrected chi connectivity index (χ0v) is 13.3. The largest absolute Gasteiger partial charge is 0.365 e. The molecule has 2 aromatic rings. The highest BCUT2D eigenvalue weighted by atomic mass is 35.5.